The van der Waals surface area contributed by atoms with E-state index in [2.05, 4.69) is 108 Å². The van der Waals surface area contributed by atoms with Crippen molar-refractivity contribution in [2.45, 2.75) is 133 Å². The lowest BCUT2D eigenvalue weighted by Gasteiger charge is -2.50. The van der Waals surface area contributed by atoms with E-state index in [-0.39, 0.29) is 21.0 Å². The molecule has 0 aromatic carbocycles. The Kier molecular flexibility index (Phi) is 11.4. The maximum absolute atomic E-state index is 14.1. The van der Waals surface area contributed by atoms with Gasteiger partial charge in [0.1, 0.15) is 5.78 Å². The number of carbonyl (C=O) groups excluding carboxylic acids is 1. The summed E-state index contributed by atoms with van der Waals surface area (Å²) >= 11 is 9.64. The van der Waals surface area contributed by atoms with Crippen molar-refractivity contribution < 1.29 is 4.79 Å². The molecule has 198 valence electrons. The topological polar surface area (TPSA) is 17.1 Å². The molecule has 0 saturated heterocycles. The molecule has 0 spiro atoms. The summed E-state index contributed by atoms with van der Waals surface area (Å²) in [6, 6.07) is 0. The molecule has 0 aromatic rings. The summed E-state index contributed by atoms with van der Waals surface area (Å²) in [5.74, 6) is 0.388. The Labute approximate surface area is 220 Å². The van der Waals surface area contributed by atoms with Crippen LogP contribution in [0, 0.1) is 27.1 Å². The van der Waals surface area contributed by atoms with E-state index in [1.165, 1.54) is 6.42 Å². The van der Waals surface area contributed by atoms with Crippen LogP contribution in [0.5, 0.6) is 0 Å². The monoisotopic (exact) mass is 518 g/mol. The number of carbonyl (C=O) groups is 1. The fourth-order valence-corrected chi connectivity index (χ4v) is 6.27. The highest BCUT2D eigenvalue weighted by Crippen LogP contribution is 2.67. The van der Waals surface area contributed by atoms with Crippen LogP contribution < -0.4 is 0 Å². The Bertz CT molecular complexity index is 681. The van der Waals surface area contributed by atoms with Crippen LogP contribution in [0.2, 0.25) is 0 Å². The minimum Gasteiger partial charge on any atom is -0.298 e. The predicted molar refractivity (Wildman–Crippen MR) is 162 cm³/mol. The van der Waals surface area contributed by atoms with Gasteiger partial charge in [-0.15, -0.1) is 31.4 Å². The SMILES string of the molecule is CCC(C)(C)CC=CC(C)(CC)C(C)(C)CC(C)(CC)C(=O)C(C)(C)CC(C)(C)S(C)(S)S. The van der Waals surface area contributed by atoms with Crippen molar-refractivity contribution in [1.29, 1.82) is 0 Å². The van der Waals surface area contributed by atoms with Crippen LogP contribution in [0.3, 0.4) is 0 Å². The van der Waals surface area contributed by atoms with Gasteiger partial charge in [0.05, 0.1) is 0 Å². The molecule has 4 heteroatoms. The van der Waals surface area contributed by atoms with Crippen molar-refractivity contribution in [3.05, 3.63) is 12.2 Å². The lowest BCUT2D eigenvalue weighted by atomic mass is 9.55. The van der Waals surface area contributed by atoms with Crippen molar-refractivity contribution in [1.82, 2.24) is 0 Å². The van der Waals surface area contributed by atoms with Gasteiger partial charge < -0.3 is 0 Å². The molecular weight excluding hydrogens is 461 g/mol. The number of rotatable bonds is 14. The van der Waals surface area contributed by atoms with Gasteiger partial charge in [0.25, 0.3) is 0 Å². The van der Waals surface area contributed by atoms with E-state index < -0.39 is 13.5 Å². The quantitative estimate of drug-likeness (QED) is 0.133. The zero-order chi connectivity index (χ0) is 26.7. The Balaban J connectivity index is 5.99. The summed E-state index contributed by atoms with van der Waals surface area (Å²) < 4.78 is -0.102. The van der Waals surface area contributed by atoms with E-state index in [1.807, 2.05) is 0 Å². The first kappa shape index (κ1) is 33.5. The Morgan fingerprint density at radius 3 is 1.64 bits per heavy atom. The highest BCUT2D eigenvalue weighted by atomic mass is 33.5. The van der Waals surface area contributed by atoms with Crippen LogP contribution in [0.15, 0.2) is 12.2 Å². The summed E-state index contributed by atoms with van der Waals surface area (Å²) in [5, 5.41) is 0. The molecule has 0 aliphatic rings. The number of hydrogen-bond acceptors (Lipinski definition) is 3. The molecule has 0 rings (SSSR count). The molecule has 0 saturated carbocycles. The molecule has 33 heavy (non-hydrogen) atoms. The lowest BCUT2D eigenvalue weighted by Crippen LogP contribution is -2.47. The van der Waals surface area contributed by atoms with Crippen molar-refractivity contribution in [3.63, 3.8) is 0 Å². The first-order valence-electron chi connectivity index (χ1n) is 12.9. The molecule has 0 aliphatic carbocycles. The van der Waals surface area contributed by atoms with Gasteiger partial charge in [-0.25, -0.2) is 0 Å². The third-order valence-electron chi connectivity index (χ3n) is 9.08. The number of allylic oxidation sites excluding steroid dienone is 2. The normalized spacial score (nSPS) is 18.8. The highest BCUT2D eigenvalue weighted by Gasteiger charge is 2.50. The number of thiol groups is 2. The highest BCUT2D eigenvalue weighted by molar-refractivity contribution is 9.18. The van der Waals surface area contributed by atoms with E-state index in [1.54, 1.807) is 0 Å². The molecule has 0 aromatic heterocycles. The van der Waals surface area contributed by atoms with Crippen molar-refractivity contribution in [3.8, 4) is 0 Å². The van der Waals surface area contributed by atoms with Gasteiger partial charge in [-0.05, 0) is 54.6 Å². The Morgan fingerprint density at radius 2 is 1.27 bits per heavy atom. The van der Waals surface area contributed by atoms with Crippen LogP contribution in [-0.4, -0.2) is 16.8 Å². The summed E-state index contributed by atoms with van der Waals surface area (Å²) in [5.41, 5.74) is -0.428. The summed E-state index contributed by atoms with van der Waals surface area (Å²) in [7, 11) is -1.38. The molecule has 2 atom stereocenters. The van der Waals surface area contributed by atoms with E-state index >= 15 is 0 Å². The summed E-state index contributed by atoms with van der Waals surface area (Å²) in [6.45, 7) is 29.4. The van der Waals surface area contributed by atoms with Crippen molar-refractivity contribution >= 4 is 37.2 Å². The van der Waals surface area contributed by atoms with Gasteiger partial charge in [-0.1, -0.05) is 109 Å². The molecule has 0 N–H and O–H groups in total. The molecule has 1 nitrogen and oxygen atoms in total. The second-order valence-electron chi connectivity index (χ2n) is 13.9. The van der Waals surface area contributed by atoms with Crippen LogP contribution in [0.1, 0.15) is 129 Å². The maximum atomic E-state index is 14.1. The van der Waals surface area contributed by atoms with Crippen LogP contribution in [0.4, 0.5) is 0 Å². The van der Waals surface area contributed by atoms with Crippen LogP contribution >= 0.6 is 31.4 Å². The summed E-state index contributed by atoms with van der Waals surface area (Å²) in [6.07, 6.45) is 12.8. The van der Waals surface area contributed by atoms with Crippen LogP contribution in [0.25, 0.3) is 0 Å². The van der Waals surface area contributed by atoms with E-state index in [0.717, 1.165) is 32.1 Å². The van der Waals surface area contributed by atoms with Gasteiger partial charge in [0.15, 0.2) is 0 Å². The average Bonchev–Trinajstić information content (AvgIpc) is 2.64. The minimum atomic E-state index is -1.38. The molecule has 0 bridgehead atoms. The predicted octanol–water partition coefficient (Wildman–Crippen LogP) is 10.5. The lowest BCUT2D eigenvalue weighted by molar-refractivity contribution is -0.140. The van der Waals surface area contributed by atoms with Crippen LogP contribution in [-0.2, 0) is 4.79 Å². The van der Waals surface area contributed by atoms with Gasteiger partial charge in [-0.2, -0.15) is 0 Å². The van der Waals surface area contributed by atoms with Crippen molar-refractivity contribution in [2.24, 2.45) is 27.1 Å². The second-order valence-corrected chi connectivity index (χ2v) is 21.9. The standard InChI is InChI=1S/C29H58OS3/c1-15-24(4,5)19-18-20-29(13,17-3)26(8,9)22-28(12,16-2)23(30)25(6,7)21-27(10,11)33(14,31)32/h18,20,31-32H,15-17,19,21-22H2,1-14H3. The summed E-state index contributed by atoms with van der Waals surface area (Å²) in [4.78, 5) is 14.1. The molecule has 0 fully saturated rings. The molecule has 0 heterocycles. The zero-order valence-electron chi connectivity index (χ0n) is 24.6. The van der Waals surface area contributed by atoms with E-state index in [4.69, 9.17) is 23.3 Å². The van der Waals surface area contributed by atoms with Gasteiger partial charge in [0.2, 0.25) is 0 Å². The number of Topliss-reactive ketones (excluding diaryl/α,β-unsaturated/α-hetero) is 1. The first-order chi connectivity index (χ1) is 14.5. The first-order valence-corrected chi connectivity index (χ1v) is 17.1. The van der Waals surface area contributed by atoms with E-state index in [0.29, 0.717) is 11.2 Å². The fourth-order valence-electron chi connectivity index (χ4n) is 5.25. The largest absolute Gasteiger partial charge is 0.298 e. The molecule has 0 radical (unpaired) electrons. The molecule has 2 unspecified atom stereocenters. The Morgan fingerprint density at radius 1 is 0.788 bits per heavy atom. The second kappa shape index (κ2) is 11.2. The third kappa shape index (κ3) is 8.52. The van der Waals surface area contributed by atoms with Crippen molar-refractivity contribution in [2.75, 3.05) is 6.26 Å². The zero-order valence-corrected chi connectivity index (χ0v) is 27.2. The molecule has 0 amide bonds. The minimum absolute atomic E-state index is 0.00647. The average molecular weight is 519 g/mol. The molecule has 0 aliphatic heterocycles. The van der Waals surface area contributed by atoms with Gasteiger partial charge in [-0.3, -0.25) is 4.79 Å². The fraction of sp³-hybridized carbons (Fsp3) is 0.897. The van der Waals surface area contributed by atoms with Gasteiger partial charge in [0, 0.05) is 15.6 Å². The van der Waals surface area contributed by atoms with E-state index in [9.17, 15) is 4.79 Å². The maximum Gasteiger partial charge on any atom is 0.144 e. The Hall–Kier alpha value is 0.460. The number of ketones is 1. The third-order valence-corrected chi connectivity index (χ3v) is 14.3. The van der Waals surface area contributed by atoms with Gasteiger partial charge >= 0.3 is 0 Å². The molecular formula is C29H58OS3. The number of hydrogen-bond donors (Lipinski definition) is 2. The smallest absolute Gasteiger partial charge is 0.144 e.